The van der Waals surface area contributed by atoms with E-state index in [2.05, 4.69) is 20.9 Å². The van der Waals surface area contributed by atoms with Crippen LogP contribution in [0.5, 0.6) is 0 Å². The minimum Gasteiger partial charge on any atom is -0.394 e. The fourth-order valence-electron chi connectivity index (χ4n) is 5.85. The molecule has 3 aliphatic heterocycles. The predicted octanol–water partition coefficient (Wildman–Crippen LogP) is 3.24. The van der Waals surface area contributed by atoms with Gasteiger partial charge in [0.2, 0.25) is 5.91 Å². The van der Waals surface area contributed by atoms with Crippen LogP contribution in [0.4, 0.5) is 8.63 Å². The Labute approximate surface area is 255 Å². The van der Waals surface area contributed by atoms with E-state index in [9.17, 15) is 9.59 Å². The molecule has 0 unspecified atom stereocenters. The number of aromatic nitrogens is 4. The van der Waals surface area contributed by atoms with Crippen LogP contribution >= 0.6 is 0 Å². The first kappa shape index (κ1) is 31.5. The molecule has 1 saturated heterocycles. The van der Waals surface area contributed by atoms with Gasteiger partial charge in [0.25, 0.3) is 5.91 Å². The van der Waals surface area contributed by atoms with E-state index in [-0.39, 0.29) is 11.8 Å². The highest BCUT2D eigenvalue weighted by molar-refractivity contribution is 6.58. The largest absolute Gasteiger partial charge is 0.737 e. The van der Waals surface area contributed by atoms with E-state index in [0.29, 0.717) is 67.4 Å². The molecular weight excluding hydrogens is 571 g/mol. The second-order valence-electron chi connectivity index (χ2n) is 12.7. The first-order valence-electron chi connectivity index (χ1n) is 14.9. The summed E-state index contributed by atoms with van der Waals surface area (Å²) in [6.07, 6.45) is 10.5. The molecule has 5 heterocycles. The first-order chi connectivity index (χ1) is 20.7. The molecule has 0 radical (unpaired) electrons. The lowest BCUT2D eigenvalue weighted by molar-refractivity contribution is -0.362. The van der Waals surface area contributed by atoms with Gasteiger partial charge in [-0.15, -0.1) is 5.10 Å². The second kappa shape index (κ2) is 11.9. The van der Waals surface area contributed by atoms with Crippen LogP contribution in [0.25, 0.3) is 6.08 Å². The summed E-state index contributed by atoms with van der Waals surface area (Å²) in [6, 6.07) is 1.80. The Kier molecular flexibility index (Phi) is 8.51. The number of allylic oxidation sites excluding steroid dienone is 2. The SMILES string of the molecule is Cc1cc(C)n2c1C=C1C=CC(CCCn3cc(CCNC(=O)/C=C\NC(=O)[C@H]4OC(C)(C)OCC4(C)C)nn3)=[N+]1[B-]2(F)F. The van der Waals surface area contributed by atoms with Gasteiger partial charge in [-0.2, -0.15) is 0 Å². The van der Waals surface area contributed by atoms with E-state index >= 15 is 8.63 Å². The van der Waals surface area contributed by atoms with Crippen LogP contribution in [-0.4, -0.2) is 73.5 Å². The second-order valence-corrected chi connectivity index (χ2v) is 12.7. The van der Waals surface area contributed by atoms with Crippen molar-refractivity contribution in [2.45, 2.75) is 79.2 Å². The number of fused-ring (bicyclic) bond motifs is 2. The maximum Gasteiger partial charge on any atom is 0.737 e. The average Bonchev–Trinajstić information content (AvgIpc) is 3.64. The van der Waals surface area contributed by atoms with Gasteiger partial charge in [-0.1, -0.05) is 19.1 Å². The Morgan fingerprint density at radius 1 is 1.20 bits per heavy atom. The maximum atomic E-state index is 15.6. The van der Waals surface area contributed by atoms with Crippen LogP contribution in [0.15, 0.2) is 42.4 Å². The number of carbonyl (C=O) groups excluding carboxylic acids is 2. The predicted molar refractivity (Wildman–Crippen MR) is 162 cm³/mol. The van der Waals surface area contributed by atoms with Crippen molar-refractivity contribution in [3.05, 3.63) is 65.0 Å². The fourth-order valence-corrected chi connectivity index (χ4v) is 5.85. The molecule has 44 heavy (non-hydrogen) atoms. The lowest BCUT2D eigenvalue weighted by Gasteiger charge is -2.44. The van der Waals surface area contributed by atoms with E-state index in [4.69, 9.17) is 9.47 Å². The van der Waals surface area contributed by atoms with Crippen molar-refractivity contribution in [2.75, 3.05) is 13.2 Å². The van der Waals surface area contributed by atoms with Gasteiger partial charge in [0.1, 0.15) is 11.8 Å². The number of ether oxygens (including phenoxy) is 2. The number of nitrogens with zero attached hydrogens (tertiary/aromatic N) is 5. The number of hydrogen-bond acceptors (Lipinski definition) is 6. The van der Waals surface area contributed by atoms with E-state index < -0.39 is 24.3 Å². The standard InChI is InChI=1S/C30H40BF2N7O4/c1-20-16-21(2)39-25(20)17-24-10-9-23(40(24)31(39,32)33)8-7-15-38-18-22(36-37-38)11-13-34-26(41)12-14-35-28(42)27-29(3,4)19-43-30(5,6)44-27/h9-10,12,14,16-18,27H,7-8,11,13,15,19H2,1-6H3,(H,34,41)(H,35,42)/b14-12-/t27-/m1/s1. The minimum atomic E-state index is -3.97. The molecule has 2 aromatic rings. The number of nitrogens with one attached hydrogen (secondary N) is 2. The van der Waals surface area contributed by atoms with Gasteiger partial charge in [0.15, 0.2) is 11.5 Å². The fraction of sp³-hybridized carbons (Fsp3) is 0.500. The molecule has 0 spiro atoms. The molecule has 236 valence electrons. The number of carbonyl (C=O) groups is 2. The minimum absolute atomic E-state index is 0.324. The van der Waals surface area contributed by atoms with E-state index in [1.807, 2.05) is 26.8 Å². The molecule has 1 atom stereocenters. The Hall–Kier alpha value is -3.91. The molecular formula is C30H40BF2N7O4. The van der Waals surface area contributed by atoms with Crippen LogP contribution < -0.4 is 10.6 Å². The normalized spacial score (nSPS) is 21.3. The average molecular weight is 612 g/mol. The first-order valence-corrected chi connectivity index (χ1v) is 14.9. The number of hydrogen-bond donors (Lipinski definition) is 2. The molecule has 5 rings (SSSR count). The number of rotatable bonds is 10. The number of halogens is 2. The highest BCUT2D eigenvalue weighted by Crippen LogP contribution is 2.36. The van der Waals surface area contributed by atoms with Gasteiger partial charge in [-0.25, -0.2) is 0 Å². The zero-order valence-electron chi connectivity index (χ0n) is 26.1. The van der Waals surface area contributed by atoms with Crippen molar-refractivity contribution in [3.8, 4) is 0 Å². The van der Waals surface area contributed by atoms with Crippen LogP contribution in [0.2, 0.25) is 0 Å². The Bertz CT molecular complexity index is 1590. The summed E-state index contributed by atoms with van der Waals surface area (Å²) in [6.45, 7) is 8.08. The van der Waals surface area contributed by atoms with Gasteiger partial charge in [0.05, 0.1) is 12.3 Å². The summed E-state index contributed by atoms with van der Waals surface area (Å²) in [5.74, 6) is -1.59. The molecule has 0 bridgehead atoms. The number of amides is 2. The summed E-state index contributed by atoms with van der Waals surface area (Å²) in [5, 5.41) is 13.7. The monoisotopic (exact) mass is 611 g/mol. The van der Waals surface area contributed by atoms with Crippen LogP contribution in [0.1, 0.15) is 63.2 Å². The smallest absolute Gasteiger partial charge is 0.394 e. The molecule has 2 aromatic heterocycles. The van der Waals surface area contributed by atoms with Crippen molar-refractivity contribution in [1.29, 1.82) is 0 Å². The third-order valence-corrected chi connectivity index (χ3v) is 8.10. The Balaban J connectivity index is 1.06. The molecule has 2 N–H and O–H groups in total. The van der Waals surface area contributed by atoms with E-state index in [1.54, 1.807) is 49.9 Å². The molecule has 2 amide bonds. The highest BCUT2D eigenvalue weighted by atomic mass is 19.2. The topological polar surface area (TPSA) is 115 Å². The van der Waals surface area contributed by atoms with Crippen molar-refractivity contribution in [1.82, 2.24) is 30.1 Å². The lowest BCUT2D eigenvalue weighted by atomic mass is 9.85. The van der Waals surface area contributed by atoms with Gasteiger partial charge in [-0.05, 0) is 51.4 Å². The maximum absolute atomic E-state index is 15.6. The third kappa shape index (κ3) is 6.46. The summed E-state index contributed by atoms with van der Waals surface area (Å²) in [5.41, 5.74) is 3.23. The van der Waals surface area contributed by atoms with Gasteiger partial charge in [0, 0.05) is 73.7 Å². The van der Waals surface area contributed by atoms with Gasteiger partial charge < -0.3 is 37.7 Å². The molecule has 14 heteroatoms. The highest BCUT2D eigenvalue weighted by Gasteiger charge is 2.52. The van der Waals surface area contributed by atoms with E-state index in [0.717, 1.165) is 10.0 Å². The van der Waals surface area contributed by atoms with E-state index in [1.165, 1.54) is 16.8 Å². The van der Waals surface area contributed by atoms with Crippen LogP contribution in [0, 0.1) is 19.3 Å². The molecule has 3 aliphatic rings. The zero-order chi connectivity index (χ0) is 31.9. The van der Waals surface area contributed by atoms with Crippen molar-refractivity contribution in [3.63, 3.8) is 0 Å². The lowest BCUT2D eigenvalue weighted by Crippen LogP contribution is -2.55. The summed E-state index contributed by atoms with van der Waals surface area (Å²) in [7, 11) is 0. The quantitative estimate of drug-likeness (QED) is 0.315. The molecule has 0 saturated carbocycles. The molecule has 0 aromatic carbocycles. The van der Waals surface area contributed by atoms with Crippen LogP contribution in [0.3, 0.4) is 0 Å². The summed E-state index contributed by atoms with van der Waals surface area (Å²) in [4.78, 5) is 24.9. The van der Waals surface area contributed by atoms with Crippen molar-refractivity contribution >= 4 is 30.6 Å². The van der Waals surface area contributed by atoms with Crippen molar-refractivity contribution < 1.29 is 32.2 Å². The molecule has 11 nitrogen and oxygen atoms in total. The molecule has 1 fully saturated rings. The summed E-state index contributed by atoms with van der Waals surface area (Å²) >= 11 is 0. The number of aryl methyl sites for hydroxylation is 3. The Morgan fingerprint density at radius 2 is 1.98 bits per heavy atom. The third-order valence-electron chi connectivity index (χ3n) is 8.10. The summed E-state index contributed by atoms with van der Waals surface area (Å²) < 4.78 is 46.6. The Morgan fingerprint density at radius 3 is 2.75 bits per heavy atom. The van der Waals surface area contributed by atoms with Crippen LogP contribution in [-0.2, 0) is 32.0 Å². The zero-order valence-corrected chi connectivity index (χ0v) is 26.1. The van der Waals surface area contributed by atoms with Crippen molar-refractivity contribution in [2.24, 2.45) is 5.41 Å². The van der Waals surface area contributed by atoms with Gasteiger partial charge >= 0.3 is 6.97 Å². The molecule has 0 aliphatic carbocycles. The van der Waals surface area contributed by atoms with Gasteiger partial charge in [-0.3, -0.25) is 14.3 Å².